The number of methoxy groups -OCH3 is 1. The van der Waals surface area contributed by atoms with Crippen molar-refractivity contribution in [3.63, 3.8) is 0 Å². The van der Waals surface area contributed by atoms with Crippen LogP contribution in [0, 0.1) is 6.92 Å². The maximum atomic E-state index is 5.83. The fourth-order valence-electron chi connectivity index (χ4n) is 0.949. The van der Waals surface area contributed by atoms with Crippen molar-refractivity contribution in [2.75, 3.05) is 7.11 Å². The summed E-state index contributed by atoms with van der Waals surface area (Å²) < 4.78 is 4.94. The van der Waals surface area contributed by atoms with Crippen LogP contribution in [0.15, 0.2) is 6.07 Å². The maximum absolute atomic E-state index is 5.83. The van der Waals surface area contributed by atoms with Crippen molar-refractivity contribution >= 4 is 11.6 Å². The molecule has 0 unspecified atom stereocenters. The highest BCUT2D eigenvalue weighted by atomic mass is 35.5. The van der Waals surface area contributed by atoms with Crippen molar-refractivity contribution < 1.29 is 4.74 Å². The van der Waals surface area contributed by atoms with Gasteiger partial charge in [0.15, 0.2) is 0 Å². The summed E-state index contributed by atoms with van der Waals surface area (Å²) in [6.07, 6.45) is 0. The fourth-order valence-corrected chi connectivity index (χ4v) is 1.23. The topological polar surface area (TPSA) is 48.1 Å². The van der Waals surface area contributed by atoms with E-state index in [-0.39, 0.29) is 0 Å². The quantitative estimate of drug-likeness (QED) is 0.762. The molecule has 0 spiro atoms. The van der Waals surface area contributed by atoms with Crippen LogP contribution in [-0.4, -0.2) is 12.1 Å². The van der Waals surface area contributed by atoms with Gasteiger partial charge in [0.2, 0.25) is 5.88 Å². The van der Waals surface area contributed by atoms with Crippen LogP contribution < -0.4 is 10.5 Å². The number of nitrogens with zero attached hydrogens (tertiary/aromatic N) is 1. The van der Waals surface area contributed by atoms with E-state index in [0.717, 1.165) is 11.3 Å². The molecule has 66 valence electrons. The van der Waals surface area contributed by atoms with E-state index in [4.69, 9.17) is 22.1 Å². The number of halogens is 1. The van der Waals surface area contributed by atoms with Gasteiger partial charge in [0.25, 0.3) is 0 Å². The number of aryl methyl sites for hydroxylation is 1. The normalized spacial score (nSPS) is 10.0. The summed E-state index contributed by atoms with van der Waals surface area (Å²) in [5.74, 6) is 0.433. The van der Waals surface area contributed by atoms with Gasteiger partial charge >= 0.3 is 0 Å². The molecular weight excluding hydrogens is 176 g/mol. The van der Waals surface area contributed by atoms with E-state index >= 15 is 0 Å². The minimum Gasteiger partial charge on any atom is -0.480 e. The summed E-state index contributed by atoms with van der Waals surface area (Å²) in [7, 11) is 1.53. The molecule has 4 heteroatoms. The average Bonchev–Trinajstić information content (AvgIpc) is 2.05. The van der Waals surface area contributed by atoms with Crippen LogP contribution in [0.3, 0.4) is 0 Å². The molecular formula is C8H11ClN2O. The van der Waals surface area contributed by atoms with E-state index in [1.54, 1.807) is 6.07 Å². The Bertz CT molecular complexity index is 263. The Morgan fingerprint density at radius 2 is 2.33 bits per heavy atom. The van der Waals surface area contributed by atoms with Gasteiger partial charge in [0, 0.05) is 6.54 Å². The third kappa shape index (κ3) is 1.68. The first-order chi connectivity index (χ1) is 5.69. The molecule has 12 heavy (non-hydrogen) atoms. The minimum absolute atomic E-state index is 0.402. The summed E-state index contributed by atoms with van der Waals surface area (Å²) in [6.45, 7) is 2.32. The zero-order valence-electron chi connectivity index (χ0n) is 7.10. The number of nitrogens with two attached hydrogens (primary N) is 1. The number of pyridine rings is 1. The molecule has 1 heterocycles. The Morgan fingerprint density at radius 1 is 1.67 bits per heavy atom. The minimum atomic E-state index is 0.402. The van der Waals surface area contributed by atoms with Crippen molar-refractivity contribution in [3.8, 4) is 5.88 Å². The van der Waals surface area contributed by atoms with E-state index in [1.807, 2.05) is 6.92 Å². The molecule has 0 saturated carbocycles. The van der Waals surface area contributed by atoms with Crippen molar-refractivity contribution in [3.05, 3.63) is 22.3 Å². The smallest absolute Gasteiger partial charge is 0.232 e. The Balaban J connectivity index is 3.18. The van der Waals surface area contributed by atoms with Crippen LogP contribution in [0.4, 0.5) is 0 Å². The first-order valence-electron chi connectivity index (χ1n) is 3.59. The monoisotopic (exact) mass is 186 g/mol. The molecule has 1 rings (SSSR count). The Hall–Kier alpha value is -0.800. The summed E-state index contributed by atoms with van der Waals surface area (Å²) >= 11 is 5.83. The molecule has 0 fully saturated rings. The first-order valence-corrected chi connectivity index (χ1v) is 3.97. The van der Waals surface area contributed by atoms with Crippen LogP contribution in [0.2, 0.25) is 5.02 Å². The molecule has 1 aromatic heterocycles. The van der Waals surface area contributed by atoms with Crippen molar-refractivity contribution in [1.29, 1.82) is 0 Å². The molecule has 0 atom stereocenters. The largest absolute Gasteiger partial charge is 0.480 e. The molecule has 3 nitrogen and oxygen atoms in total. The standard InChI is InChI=1S/C8H11ClN2O/c1-5-3-6(9)8(12-2)11-7(5)4-10/h3H,4,10H2,1-2H3. The van der Waals surface area contributed by atoms with Crippen LogP contribution in [0.1, 0.15) is 11.3 Å². The predicted molar refractivity (Wildman–Crippen MR) is 48.4 cm³/mol. The lowest BCUT2D eigenvalue weighted by atomic mass is 10.2. The third-order valence-corrected chi connectivity index (χ3v) is 1.90. The predicted octanol–water partition coefficient (Wildman–Crippen LogP) is 1.51. The highest BCUT2D eigenvalue weighted by Crippen LogP contribution is 2.23. The zero-order chi connectivity index (χ0) is 9.14. The van der Waals surface area contributed by atoms with Gasteiger partial charge in [-0.05, 0) is 18.6 Å². The number of aromatic nitrogens is 1. The highest BCUT2D eigenvalue weighted by molar-refractivity contribution is 6.31. The van der Waals surface area contributed by atoms with Gasteiger partial charge in [-0.2, -0.15) is 0 Å². The molecule has 1 aromatic rings. The number of rotatable bonds is 2. The summed E-state index contributed by atoms with van der Waals surface area (Å²) in [5.41, 5.74) is 7.27. The van der Waals surface area contributed by atoms with E-state index in [2.05, 4.69) is 4.98 Å². The molecule has 2 N–H and O–H groups in total. The van der Waals surface area contributed by atoms with E-state index in [1.165, 1.54) is 7.11 Å². The average molecular weight is 187 g/mol. The van der Waals surface area contributed by atoms with Crippen LogP contribution in [-0.2, 0) is 6.54 Å². The Labute approximate surface area is 76.5 Å². The molecule has 0 amide bonds. The van der Waals surface area contributed by atoms with Gasteiger partial charge in [-0.3, -0.25) is 0 Å². The van der Waals surface area contributed by atoms with Gasteiger partial charge < -0.3 is 10.5 Å². The molecule has 0 aromatic carbocycles. The lowest BCUT2D eigenvalue weighted by molar-refractivity contribution is 0.396. The second kappa shape index (κ2) is 3.74. The highest BCUT2D eigenvalue weighted by Gasteiger charge is 2.05. The molecule has 0 bridgehead atoms. The molecule has 0 radical (unpaired) electrons. The first kappa shape index (κ1) is 9.29. The number of hydrogen-bond donors (Lipinski definition) is 1. The summed E-state index contributed by atoms with van der Waals surface area (Å²) in [5, 5.41) is 0.521. The fraction of sp³-hybridized carbons (Fsp3) is 0.375. The zero-order valence-corrected chi connectivity index (χ0v) is 7.85. The second-order valence-electron chi connectivity index (χ2n) is 2.45. The lowest BCUT2D eigenvalue weighted by Gasteiger charge is -2.06. The van der Waals surface area contributed by atoms with E-state index in [9.17, 15) is 0 Å². The molecule has 0 aliphatic carbocycles. The maximum Gasteiger partial charge on any atom is 0.232 e. The number of ether oxygens (including phenoxy) is 1. The van der Waals surface area contributed by atoms with Gasteiger partial charge in [0.05, 0.1) is 12.8 Å². The molecule has 0 aliphatic heterocycles. The van der Waals surface area contributed by atoms with Crippen LogP contribution >= 0.6 is 11.6 Å². The van der Waals surface area contributed by atoms with Gasteiger partial charge in [-0.1, -0.05) is 11.6 Å². The van der Waals surface area contributed by atoms with Gasteiger partial charge in [-0.15, -0.1) is 0 Å². The van der Waals surface area contributed by atoms with Crippen molar-refractivity contribution in [1.82, 2.24) is 4.98 Å². The Morgan fingerprint density at radius 3 is 2.83 bits per heavy atom. The van der Waals surface area contributed by atoms with E-state index in [0.29, 0.717) is 17.4 Å². The van der Waals surface area contributed by atoms with Crippen LogP contribution in [0.25, 0.3) is 0 Å². The Kier molecular flexibility index (Phi) is 2.89. The summed E-state index contributed by atoms with van der Waals surface area (Å²) in [6, 6.07) is 1.80. The van der Waals surface area contributed by atoms with Crippen LogP contribution in [0.5, 0.6) is 5.88 Å². The van der Waals surface area contributed by atoms with Gasteiger partial charge in [-0.25, -0.2) is 4.98 Å². The molecule has 0 aliphatic rings. The summed E-state index contributed by atoms with van der Waals surface area (Å²) in [4.78, 5) is 4.13. The molecule has 0 saturated heterocycles. The lowest BCUT2D eigenvalue weighted by Crippen LogP contribution is -2.03. The SMILES string of the molecule is COc1nc(CN)c(C)cc1Cl. The second-order valence-corrected chi connectivity index (χ2v) is 2.85. The van der Waals surface area contributed by atoms with Crippen molar-refractivity contribution in [2.24, 2.45) is 5.73 Å². The van der Waals surface area contributed by atoms with E-state index < -0.39 is 0 Å². The third-order valence-electron chi connectivity index (χ3n) is 1.63. The van der Waals surface area contributed by atoms with Gasteiger partial charge in [0.1, 0.15) is 5.02 Å². The van der Waals surface area contributed by atoms with Crippen molar-refractivity contribution in [2.45, 2.75) is 13.5 Å². The number of hydrogen-bond acceptors (Lipinski definition) is 3.